The second-order valence-corrected chi connectivity index (χ2v) is 5.67. The summed E-state index contributed by atoms with van der Waals surface area (Å²) in [6.45, 7) is 3.38. The Bertz CT molecular complexity index is 554. The monoisotopic (exact) mass is 301 g/mol. The van der Waals surface area contributed by atoms with Crippen LogP contribution < -0.4 is 5.32 Å². The van der Waals surface area contributed by atoms with Gasteiger partial charge < -0.3 is 10.4 Å². The van der Waals surface area contributed by atoms with E-state index in [9.17, 15) is 5.11 Å². The van der Waals surface area contributed by atoms with E-state index in [0.29, 0.717) is 17.1 Å². The third kappa shape index (κ3) is 3.18. The smallest absolute Gasteiger partial charge is 0.138 e. The fourth-order valence-electron chi connectivity index (χ4n) is 1.65. The first-order chi connectivity index (χ1) is 8.58. The van der Waals surface area contributed by atoms with Crippen LogP contribution in [0.25, 0.3) is 0 Å². The lowest BCUT2D eigenvalue weighted by atomic mass is 10.2. The Morgan fingerprint density at radius 1 is 1.17 bits per heavy atom. The van der Waals surface area contributed by atoms with Crippen LogP contribution in [0.1, 0.15) is 16.7 Å². The van der Waals surface area contributed by atoms with Gasteiger partial charge in [0.1, 0.15) is 5.75 Å². The molecule has 0 aliphatic heterocycles. The summed E-state index contributed by atoms with van der Waals surface area (Å²) in [5, 5.41) is 18.1. The zero-order valence-corrected chi connectivity index (χ0v) is 12.2. The van der Waals surface area contributed by atoms with Crippen LogP contribution >= 0.6 is 34.5 Å². The van der Waals surface area contributed by atoms with Crippen LogP contribution in [0.2, 0.25) is 10.0 Å². The van der Waals surface area contributed by atoms with Gasteiger partial charge in [-0.25, -0.2) is 0 Å². The highest BCUT2D eigenvalue weighted by Crippen LogP contribution is 2.31. The molecule has 18 heavy (non-hydrogen) atoms. The van der Waals surface area contributed by atoms with Crippen molar-refractivity contribution in [1.82, 2.24) is 5.32 Å². The van der Waals surface area contributed by atoms with Gasteiger partial charge in [0, 0.05) is 23.7 Å². The number of phenolic OH excluding ortho intramolecular Hbond substituents is 1. The number of hydrogen-bond donors (Lipinski definition) is 2. The van der Waals surface area contributed by atoms with Crippen molar-refractivity contribution in [2.45, 2.75) is 20.0 Å². The first kappa shape index (κ1) is 13.7. The van der Waals surface area contributed by atoms with Crippen LogP contribution in [-0.2, 0) is 13.1 Å². The summed E-state index contributed by atoms with van der Waals surface area (Å²) in [6.07, 6.45) is 0. The molecule has 0 aliphatic rings. The van der Waals surface area contributed by atoms with Crippen LogP contribution in [0, 0.1) is 6.92 Å². The molecule has 0 saturated carbocycles. The van der Waals surface area contributed by atoms with Gasteiger partial charge in [0.05, 0.1) is 5.02 Å². The molecule has 2 N–H and O–H groups in total. The van der Waals surface area contributed by atoms with E-state index in [-0.39, 0.29) is 10.8 Å². The van der Waals surface area contributed by atoms with E-state index < -0.39 is 0 Å². The molecule has 0 amide bonds. The third-order valence-electron chi connectivity index (χ3n) is 2.70. The van der Waals surface area contributed by atoms with Gasteiger partial charge >= 0.3 is 0 Å². The van der Waals surface area contributed by atoms with Gasteiger partial charge in [-0.1, -0.05) is 23.2 Å². The number of aryl methyl sites for hydroxylation is 1. The molecule has 2 rings (SSSR count). The van der Waals surface area contributed by atoms with Crippen LogP contribution in [-0.4, -0.2) is 5.11 Å². The minimum absolute atomic E-state index is 0.0932. The molecular formula is C13H13Cl2NOS. The van der Waals surface area contributed by atoms with Crippen LogP contribution in [0.3, 0.4) is 0 Å². The molecule has 1 aromatic carbocycles. The summed E-state index contributed by atoms with van der Waals surface area (Å²) >= 11 is 13.5. The van der Waals surface area contributed by atoms with Crippen molar-refractivity contribution in [3.63, 3.8) is 0 Å². The number of aromatic hydroxyl groups is 1. The van der Waals surface area contributed by atoms with Gasteiger partial charge in [-0.2, -0.15) is 11.3 Å². The molecule has 5 heteroatoms. The van der Waals surface area contributed by atoms with E-state index in [4.69, 9.17) is 23.2 Å². The predicted molar refractivity (Wildman–Crippen MR) is 77.7 cm³/mol. The van der Waals surface area contributed by atoms with Crippen LogP contribution in [0.4, 0.5) is 0 Å². The van der Waals surface area contributed by atoms with Crippen molar-refractivity contribution in [2.75, 3.05) is 0 Å². The molecule has 1 aromatic heterocycles. The predicted octanol–water partition coefficient (Wildman–Crippen LogP) is 4.36. The maximum atomic E-state index is 9.81. The number of rotatable bonds is 4. The average Bonchev–Trinajstić information content (AvgIpc) is 2.71. The summed E-state index contributed by atoms with van der Waals surface area (Å²) in [5.74, 6) is 0.0932. The van der Waals surface area contributed by atoms with Crippen molar-refractivity contribution >= 4 is 34.5 Å². The van der Waals surface area contributed by atoms with E-state index in [2.05, 4.69) is 23.0 Å². The maximum Gasteiger partial charge on any atom is 0.138 e. The largest absolute Gasteiger partial charge is 0.506 e. The standard InChI is InChI=1S/C13H13Cl2NOS/c1-8-6-18-7-10(8)5-16-4-9-2-11(14)3-12(15)13(9)17/h2-3,6-7,16-17H,4-5H2,1H3. The molecule has 0 radical (unpaired) electrons. The first-order valence-electron chi connectivity index (χ1n) is 5.47. The molecule has 0 bridgehead atoms. The lowest BCUT2D eigenvalue weighted by Crippen LogP contribution is -2.13. The lowest BCUT2D eigenvalue weighted by molar-refractivity contribution is 0.464. The maximum absolute atomic E-state index is 9.81. The summed E-state index contributed by atoms with van der Waals surface area (Å²) < 4.78 is 0. The van der Waals surface area contributed by atoms with E-state index in [1.165, 1.54) is 17.2 Å². The minimum atomic E-state index is 0.0932. The first-order valence-corrected chi connectivity index (χ1v) is 7.17. The highest BCUT2D eigenvalue weighted by molar-refractivity contribution is 7.08. The molecular weight excluding hydrogens is 289 g/mol. The zero-order valence-electron chi connectivity index (χ0n) is 9.84. The number of nitrogens with one attached hydrogen (secondary N) is 1. The van der Waals surface area contributed by atoms with Gasteiger partial charge in [-0.3, -0.25) is 0 Å². The second kappa shape index (κ2) is 5.93. The number of halogens is 2. The molecule has 1 heterocycles. The molecule has 2 nitrogen and oxygen atoms in total. The van der Waals surface area contributed by atoms with E-state index in [1.807, 2.05) is 0 Å². The molecule has 0 saturated heterocycles. The molecule has 0 fully saturated rings. The van der Waals surface area contributed by atoms with Crippen molar-refractivity contribution in [1.29, 1.82) is 0 Å². The van der Waals surface area contributed by atoms with E-state index in [1.54, 1.807) is 17.4 Å². The SMILES string of the molecule is Cc1cscc1CNCc1cc(Cl)cc(Cl)c1O. The molecule has 0 spiro atoms. The van der Waals surface area contributed by atoms with Crippen molar-refractivity contribution in [3.8, 4) is 5.75 Å². The summed E-state index contributed by atoms with van der Waals surface area (Å²) in [5.41, 5.74) is 3.26. The molecule has 0 atom stereocenters. The summed E-state index contributed by atoms with van der Waals surface area (Å²) in [4.78, 5) is 0. The Kier molecular flexibility index (Phi) is 4.51. The Hall–Kier alpha value is -0.740. The third-order valence-corrected chi connectivity index (χ3v) is 4.12. The van der Waals surface area contributed by atoms with Crippen LogP contribution in [0.15, 0.2) is 22.9 Å². The number of benzene rings is 1. The fourth-order valence-corrected chi connectivity index (χ4v) is 3.05. The number of thiophene rings is 1. The molecule has 2 aromatic rings. The summed E-state index contributed by atoms with van der Waals surface area (Å²) in [7, 11) is 0. The van der Waals surface area contributed by atoms with Gasteiger partial charge in [-0.15, -0.1) is 0 Å². The molecule has 96 valence electrons. The van der Waals surface area contributed by atoms with E-state index in [0.717, 1.165) is 6.54 Å². The van der Waals surface area contributed by atoms with Gasteiger partial charge in [0.15, 0.2) is 0 Å². The minimum Gasteiger partial charge on any atom is -0.506 e. The Morgan fingerprint density at radius 3 is 2.56 bits per heavy atom. The Labute approximate surface area is 120 Å². The average molecular weight is 302 g/mol. The highest BCUT2D eigenvalue weighted by atomic mass is 35.5. The zero-order chi connectivity index (χ0) is 13.1. The van der Waals surface area contributed by atoms with Crippen molar-refractivity contribution in [2.24, 2.45) is 0 Å². The van der Waals surface area contributed by atoms with Gasteiger partial charge in [0.2, 0.25) is 0 Å². The fraction of sp³-hybridized carbons (Fsp3) is 0.231. The lowest BCUT2D eigenvalue weighted by Gasteiger charge is -2.08. The second-order valence-electron chi connectivity index (χ2n) is 4.08. The van der Waals surface area contributed by atoms with Gasteiger partial charge in [-0.05, 0) is 40.9 Å². The van der Waals surface area contributed by atoms with Crippen molar-refractivity contribution in [3.05, 3.63) is 49.6 Å². The van der Waals surface area contributed by atoms with Crippen LogP contribution in [0.5, 0.6) is 5.75 Å². The van der Waals surface area contributed by atoms with E-state index >= 15 is 0 Å². The highest BCUT2D eigenvalue weighted by Gasteiger charge is 2.08. The quantitative estimate of drug-likeness (QED) is 0.879. The normalized spacial score (nSPS) is 10.8. The number of phenols is 1. The van der Waals surface area contributed by atoms with Crippen molar-refractivity contribution < 1.29 is 5.11 Å². The molecule has 0 aliphatic carbocycles. The topological polar surface area (TPSA) is 32.3 Å². The summed E-state index contributed by atoms with van der Waals surface area (Å²) in [6, 6.07) is 3.25. The molecule has 0 unspecified atom stereocenters. The number of hydrogen-bond acceptors (Lipinski definition) is 3. The Morgan fingerprint density at radius 2 is 1.89 bits per heavy atom. The Balaban J connectivity index is 2.01. The van der Waals surface area contributed by atoms with Gasteiger partial charge in [0.25, 0.3) is 0 Å².